The molecular formula is C4H9NO3S. The van der Waals surface area contributed by atoms with Gasteiger partial charge < -0.3 is 4.90 Å². The maximum Gasteiger partial charge on any atom is 0.236 e. The van der Waals surface area contributed by atoms with Gasteiger partial charge in [-0.3, -0.25) is 4.79 Å². The summed E-state index contributed by atoms with van der Waals surface area (Å²) in [4.78, 5) is 11.7. The van der Waals surface area contributed by atoms with E-state index in [2.05, 4.69) is 0 Å². The Morgan fingerprint density at radius 2 is 1.89 bits per heavy atom. The topological polar surface area (TPSA) is 54.5 Å². The smallest absolute Gasteiger partial charge is 0.236 e. The molecule has 0 aromatic carbocycles. The fraction of sp³-hybridized carbons (Fsp3) is 0.750. The monoisotopic (exact) mass is 151 g/mol. The van der Waals surface area contributed by atoms with Gasteiger partial charge in [0.1, 0.15) is 16.5 Å². The number of rotatable bonds is 2. The second-order valence-corrected chi connectivity index (χ2v) is 2.76. The number of hydrogen-bond acceptors (Lipinski definition) is 3. The molecule has 0 bridgehead atoms. The van der Waals surface area contributed by atoms with Crippen LogP contribution in [0.3, 0.4) is 0 Å². The summed E-state index contributed by atoms with van der Waals surface area (Å²) in [6, 6.07) is 0. The number of carbonyl (C=O) groups excluding carboxylic acids is 1. The van der Waals surface area contributed by atoms with Crippen LogP contribution in [0.15, 0.2) is 0 Å². The van der Waals surface area contributed by atoms with Gasteiger partial charge in [-0.1, -0.05) is 0 Å². The fourth-order valence-electron chi connectivity index (χ4n) is 0.252. The maximum atomic E-state index is 10.5. The van der Waals surface area contributed by atoms with Gasteiger partial charge in [0.15, 0.2) is 0 Å². The van der Waals surface area contributed by atoms with Crippen molar-refractivity contribution in [3.05, 3.63) is 0 Å². The average Bonchev–Trinajstić information content (AvgIpc) is 1.63. The molecular weight excluding hydrogens is 142 g/mol. The first-order chi connectivity index (χ1) is 4.04. The minimum Gasteiger partial charge on any atom is -0.348 e. The lowest BCUT2D eigenvalue weighted by molar-refractivity contribution is -0.125. The van der Waals surface area contributed by atoms with E-state index in [1.807, 2.05) is 0 Å². The van der Waals surface area contributed by atoms with Crippen molar-refractivity contribution in [2.45, 2.75) is 0 Å². The zero-order chi connectivity index (χ0) is 7.44. The van der Waals surface area contributed by atoms with Crippen molar-refractivity contribution in [1.82, 2.24) is 4.90 Å². The Kier molecular flexibility index (Phi) is 3.22. The van der Waals surface area contributed by atoms with Gasteiger partial charge in [-0.05, 0) is 0 Å². The summed E-state index contributed by atoms with van der Waals surface area (Å²) >= 11 is 0. The Morgan fingerprint density at radius 3 is 2.00 bits per heavy atom. The molecule has 0 aliphatic rings. The van der Waals surface area contributed by atoms with Gasteiger partial charge in [-0.15, -0.1) is 0 Å². The van der Waals surface area contributed by atoms with Gasteiger partial charge in [0.05, 0.1) is 0 Å². The number of thiol groups is 1. The Bertz CT molecular complexity index is 165. The molecule has 0 spiro atoms. The molecule has 5 heteroatoms. The molecule has 0 aromatic rings. The summed E-state index contributed by atoms with van der Waals surface area (Å²) in [7, 11) is 0.467. The van der Waals surface area contributed by atoms with Crippen LogP contribution in [0.1, 0.15) is 0 Å². The zero-order valence-electron chi connectivity index (χ0n) is 5.33. The SMILES string of the molecule is CN(C)C(=O)C[SH](=O)=O. The molecule has 0 aromatic heterocycles. The van der Waals surface area contributed by atoms with E-state index in [1.165, 1.54) is 19.0 Å². The summed E-state index contributed by atoms with van der Waals surface area (Å²) in [5.41, 5.74) is 0. The van der Waals surface area contributed by atoms with Crippen LogP contribution >= 0.6 is 0 Å². The van der Waals surface area contributed by atoms with Gasteiger partial charge in [-0.2, -0.15) is 0 Å². The minimum atomic E-state index is -2.56. The standard InChI is InChI=1S/C4H9NO3S/c1-5(2)4(6)3-9(7)8/h9H,3H2,1-2H3. The Labute approximate surface area is 55.4 Å². The minimum absolute atomic E-state index is 0.383. The first kappa shape index (κ1) is 8.42. The predicted molar refractivity (Wildman–Crippen MR) is 33.9 cm³/mol. The largest absolute Gasteiger partial charge is 0.348 e. The summed E-state index contributed by atoms with van der Waals surface area (Å²) in [5, 5.41) is 0. The number of hydrogen-bond donors (Lipinski definition) is 1. The van der Waals surface area contributed by atoms with E-state index in [4.69, 9.17) is 0 Å². The van der Waals surface area contributed by atoms with Crippen LogP contribution in [-0.4, -0.2) is 39.1 Å². The molecule has 0 unspecified atom stereocenters. The molecule has 0 fully saturated rings. The van der Waals surface area contributed by atoms with Crippen molar-refractivity contribution in [2.75, 3.05) is 19.8 Å². The van der Waals surface area contributed by atoms with Crippen molar-refractivity contribution < 1.29 is 13.2 Å². The van der Waals surface area contributed by atoms with E-state index in [-0.39, 0.29) is 11.7 Å². The third-order valence-corrected chi connectivity index (χ3v) is 1.29. The van der Waals surface area contributed by atoms with Crippen LogP contribution in [0.4, 0.5) is 0 Å². The highest BCUT2D eigenvalue weighted by molar-refractivity contribution is 7.73. The summed E-state index contributed by atoms with van der Waals surface area (Å²) < 4.78 is 19.8. The summed E-state index contributed by atoms with van der Waals surface area (Å²) in [6.07, 6.45) is 0. The van der Waals surface area contributed by atoms with E-state index in [0.717, 1.165) is 0 Å². The molecule has 0 radical (unpaired) electrons. The third kappa shape index (κ3) is 3.96. The first-order valence-corrected chi connectivity index (χ1v) is 3.72. The normalized spacial score (nSPS) is 9.67. The van der Waals surface area contributed by atoms with Crippen LogP contribution in [0, 0.1) is 0 Å². The summed E-state index contributed by atoms with van der Waals surface area (Å²) in [5.74, 6) is -0.770. The lowest BCUT2D eigenvalue weighted by atomic mass is 10.6. The Morgan fingerprint density at radius 1 is 1.44 bits per heavy atom. The second kappa shape index (κ2) is 3.45. The lowest BCUT2D eigenvalue weighted by Crippen LogP contribution is -2.25. The van der Waals surface area contributed by atoms with E-state index >= 15 is 0 Å². The maximum absolute atomic E-state index is 10.5. The van der Waals surface area contributed by atoms with Gasteiger partial charge in [0.2, 0.25) is 5.91 Å². The molecule has 0 atom stereocenters. The molecule has 1 amide bonds. The molecule has 54 valence electrons. The van der Waals surface area contributed by atoms with Crippen molar-refractivity contribution in [3.63, 3.8) is 0 Å². The summed E-state index contributed by atoms with van der Waals surface area (Å²) in [6.45, 7) is 0. The molecule has 0 saturated heterocycles. The number of carbonyl (C=O) groups is 1. The molecule has 9 heavy (non-hydrogen) atoms. The van der Waals surface area contributed by atoms with E-state index < -0.39 is 10.7 Å². The Balaban J connectivity index is 3.79. The Hall–Kier alpha value is -0.580. The lowest BCUT2D eigenvalue weighted by Gasteiger charge is -2.05. The quantitative estimate of drug-likeness (QED) is 0.498. The second-order valence-electron chi connectivity index (χ2n) is 1.78. The molecule has 0 rings (SSSR count). The fourth-order valence-corrected chi connectivity index (χ4v) is 0.756. The molecule has 0 saturated carbocycles. The molecule has 4 nitrogen and oxygen atoms in total. The average molecular weight is 151 g/mol. The highest BCUT2D eigenvalue weighted by Gasteiger charge is 2.02. The van der Waals surface area contributed by atoms with Gasteiger partial charge in [0.25, 0.3) is 0 Å². The van der Waals surface area contributed by atoms with Crippen molar-refractivity contribution in [1.29, 1.82) is 0 Å². The zero-order valence-corrected chi connectivity index (χ0v) is 6.22. The van der Waals surface area contributed by atoms with E-state index in [9.17, 15) is 13.2 Å². The molecule has 0 aliphatic carbocycles. The van der Waals surface area contributed by atoms with Crippen LogP contribution in [0.25, 0.3) is 0 Å². The highest BCUT2D eigenvalue weighted by Crippen LogP contribution is 1.77. The number of amides is 1. The van der Waals surface area contributed by atoms with Crippen LogP contribution < -0.4 is 0 Å². The van der Waals surface area contributed by atoms with Gasteiger partial charge in [-0.25, -0.2) is 8.42 Å². The van der Waals surface area contributed by atoms with Gasteiger partial charge >= 0.3 is 0 Å². The molecule has 0 N–H and O–H groups in total. The van der Waals surface area contributed by atoms with Gasteiger partial charge in [0, 0.05) is 14.1 Å². The van der Waals surface area contributed by atoms with Crippen LogP contribution in [0.2, 0.25) is 0 Å². The van der Waals surface area contributed by atoms with E-state index in [0.29, 0.717) is 0 Å². The van der Waals surface area contributed by atoms with Crippen LogP contribution in [0.5, 0.6) is 0 Å². The molecule has 0 aliphatic heterocycles. The van der Waals surface area contributed by atoms with Crippen molar-refractivity contribution in [3.8, 4) is 0 Å². The first-order valence-electron chi connectivity index (χ1n) is 2.36. The van der Waals surface area contributed by atoms with E-state index in [1.54, 1.807) is 0 Å². The van der Waals surface area contributed by atoms with Crippen molar-refractivity contribution in [2.24, 2.45) is 0 Å². The highest BCUT2D eigenvalue weighted by atomic mass is 32.2. The van der Waals surface area contributed by atoms with Crippen LogP contribution in [-0.2, 0) is 15.5 Å². The van der Waals surface area contributed by atoms with Crippen molar-refractivity contribution >= 4 is 16.6 Å². The third-order valence-electron chi connectivity index (χ3n) is 0.763. The molecule has 0 heterocycles. The predicted octanol–water partition coefficient (Wildman–Crippen LogP) is -1.31. The number of nitrogens with zero attached hydrogens (tertiary/aromatic N) is 1.